The summed E-state index contributed by atoms with van der Waals surface area (Å²) in [7, 11) is 0. The van der Waals surface area contributed by atoms with E-state index in [1.807, 2.05) is 48.5 Å². The second-order valence-corrected chi connectivity index (χ2v) is 12.8. The molecule has 2 heterocycles. The van der Waals surface area contributed by atoms with E-state index in [1.165, 1.54) is 24.0 Å². The Bertz CT molecular complexity index is 2070. The number of hydrogen-bond acceptors (Lipinski definition) is 7. The number of carbonyl (C=O) groups is 2. The van der Waals surface area contributed by atoms with Crippen LogP contribution in [0.3, 0.4) is 0 Å². The van der Waals surface area contributed by atoms with Crippen molar-refractivity contribution >= 4 is 23.6 Å². The molecular weight excluding hydrogens is 707 g/mol. The molecule has 4 aromatic carbocycles. The van der Waals surface area contributed by atoms with E-state index in [1.54, 1.807) is 30.3 Å². The van der Waals surface area contributed by atoms with E-state index in [9.17, 15) is 41.8 Å². The standard InChI is InChI=1S/C38H29F5N2O6S/c39-30-29(31(40)33(42)34(43)32(30)41)35(47)45-17-21-3-1-4-25(15-21)22-10-12-24(13-11-22)38-50-26(19-52-36-27(37(48)49)5-2-14-44-36)16-28(51-38)23-8-6-20(18-46)7-9-23/h1-15,26,28,38,46H,16-19H2,(H,45,47)(H,48,49)/t26-,28+,38+/m1/s1. The van der Waals surface area contributed by atoms with Crippen molar-refractivity contribution in [2.75, 3.05) is 5.75 Å². The van der Waals surface area contributed by atoms with Crippen molar-refractivity contribution in [2.45, 2.75) is 43.1 Å². The minimum atomic E-state index is -2.35. The van der Waals surface area contributed by atoms with Gasteiger partial charge in [-0.1, -0.05) is 66.7 Å². The summed E-state index contributed by atoms with van der Waals surface area (Å²) in [5, 5.41) is 21.6. The number of rotatable bonds is 11. The van der Waals surface area contributed by atoms with Gasteiger partial charge in [0.1, 0.15) is 10.6 Å². The number of ether oxygens (including phenoxy) is 2. The number of amides is 1. The number of thioether (sulfide) groups is 1. The fourth-order valence-corrected chi connectivity index (χ4v) is 6.64. The molecule has 0 bridgehead atoms. The number of benzene rings is 4. The van der Waals surface area contributed by atoms with Crippen molar-refractivity contribution in [3.63, 3.8) is 0 Å². The molecule has 1 aromatic heterocycles. The monoisotopic (exact) mass is 736 g/mol. The lowest BCUT2D eigenvalue weighted by Crippen LogP contribution is -2.31. The molecule has 1 fully saturated rings. The van der Waals surface area contributed by atoms with Gasteiger partial charge >= 0.3 is 5.97 Å². The van der Waals surface area contributed by atoms with E-state index in [-0.39, 0.29) is 30.9 Å². The van der Waals surface area contributed by atoms with Gasteiger partial charge in [0, 0.05) is 30.5 Å². The molecule has 5 aromatic rings. The van der Waals surface area contributed by atoms with Crippen molar-refractivity contribution in [1.82, 2.24) is 10.3 Å². The number of aromatic carboxylic acids is 1. The Morgan fingerprint density at radius 2 is 1.46 bits per heavy atom. The third-order valence-corrected chi connectivity index (χ3v) is 9.49. The molecule has 3 atom stereocenters. The van der Waals surface area contributed by atoms with Gasteiger partial charge in [0.15, 0.2) is 29.6 Å². The lowest BCUT2D eigenvalue weighted by atomic mass is 9.99. The van der Waals surface area contributed by atoms with Crippen LogP contribution in [0.25, 0.3) is 11.1 Å². The molecule has 0 radical (unpaired) electrons. The van der Waals surface area contributed by atoms with Crippen LogP contribution in [0.15, 0.2) is 96.2 Å². The predicted octanol–water partition coefficient (Wildman–Crippen LogP) is 7.90. The Kier molecular flexibility index (Phi) is 11.3. The number of hydrogen-bond donors (Lipinski definition) is 3. The summed E-state index contributed by atoms with van der Waals surface area (Å²) in [5.41, 5.74) is 2.81. The average Bonchev–Trinajstić information content (AvgIpc) is 3.18. The molecule has 0 spiro atoms. The Morgan fingerprint density at radius 1 is 0.788 bits per heavy atom. The Balaban J connectivity index is 1.17. The van der Waals surface area contributed by atoms with Gasteiger partial charge in [0.05, 0.1) is 24.4 Å². The van der Waals surface area contributed by atoms with Crippen molar-refractivity contribution in [1.29, 1.82) is 0 Å². The van der Waals surface area contributed by atoms with Gasteiger partial charge in [-0.3, -0.25) is 4.79 Å². The Hall–Kier alpha value is -5.15. The van der Waals surface area contributed by atoms with Gasteiger partial charge in [0.25, 0.3) is 5.91 Å². The number of carboxylic acid groups (broad SMARTS) is 1. The fourth-order valence-electron chi connectivity index (χ4n) is 5.63. The predicted molar refractivity (Wildman–Crippen MR) is 180 cm³/mol. The summed E-state index contributed by atoms with van der Waals surface area (Å²) in [6, 6.07) is 24.5. The van der Waals surface area contributed by atoms with Gasteiger partial charge < -0.3 is 25.0 Å². The minimum absolute atomic E-state index is 0.0933. The Labute approximate surface area is 298 Å². The molecule has 1 aliphatic rings. The normalized spacial score (nSPS) is 17.2. The van der Waals surface area contributed by atoms with Crippen molar-refractivity contribution in [3.8, 4) is 11.1 Å². The van der Waals surface area contributed by atoms with Crippen LogP contribution in [0.1, 0.15) is 61.8 Å². The first-order chi connectivity index (χ1) is 25.0. The summed E-state index contributed by atoms with van der Waals surface area (Å²) in [6.07, 6.45) is 0.481. The molecule has 14 heteroatoms. The number of aliphatic hydroxyl groups excluding tert-OH is 1. The smallest absolute Gasteiger partial charge is 0.338 e. The molecular formula is C38H29F5N2O6S. The summed E-state index contributed by atoms with van der Waals surface area (Å²) >= 11 is 1.27. The second-order valence-electron chi connectivity index (χ2n) is 11.8. The van der Waals surface area contributed by atoms with Crippen LogP contribution in [0.2, 0.25) is 0 Å². The van der Waals surface area contributed by atoms with Gasteiger partial charge in [-0.15, -0.1) is 11.8 Å². The number of nitrogens with one attached hydrogen (secondary N) is 1. The first-order valence-corrected chi connectivity index (χ1v) is 16.8. The second kappa shape index (κ2) is 16.0. The van der Waals surface area contributed by atoms with Crippen LogP contribution in [0.5, 0.6) is 0 Å². The number of carboxylic acids is 1. The highest BCUT2D eigenvalue weighted by atomic mass is 32.2. The molecule has 0 saturated carbocycles. The van der Waals surface area contributed by atoms with Crippen LogP contribution in [0.4, 0.5) is 22.0 Å². The molecule has 1 aliphatic heterocycles. The van der Waals surface area contributed by atoms with Crippen LogP contribution in [-0.4, -0.2) is 38.9 Å². The van der Waals surface area contributed by atoms with E-state index in [2.05, 4.69) is 10.3 Å². The maximum absolute atomic E-state index is 14.1. The zero-order valence-corrected chi connectivity index (χ0v) is 27.8. The minimum Gasteiger partial charge on any atom is -0.478 e. The van der Waals surface area contributed by atoms with E-state index < -0.39 is 52.8 Å². The molecule has 8 nitrogen and oxygen atoms in total. The highest BCUT2D eigenvalue weighted by Gasteiger charge is 2.33. The molecule has 1 saturated heterocycles. The average molecular weight is 737 g/mol. The molecule has 3 N–H and O–H groups in total. The molecule has 0 aliphatic carbocycles. The van der Waals surface area contributed by atoms with E-state index >= 15 is 0 Å². The lowest BCUT2D eigenvalue weighted by Gasteiger charge is -2.36. The number of carbonyl (C=O) groups excluding carboxylic acids is 1. The number of halogens is 5. The first kappa shape index (κ1) is 36.6. The number of nitrogens with zero attached hydrogens (tertiary/aromatic N) is 1. The van der Waals surface area contributed by atoms with E-state index in [4.69, 9.17) is 9.47 Å². The maximum Gasteiger partial charge on any atom is 0.338 e. The first-order valence-electron chi connectivity index (χ1n) is 15.8. The van der Waals surface area contributed by atoms with Crippen molar-refractivity contribution < 1.29 is 51.2 Å². The van der Waals surface area contributed by atoms with Gasteiger partial charge in [0.2, 0.25) is 5.82 Å². The maximum atomic E-state index is 14.1. The highest BCUT2D eigenvalue weighted by molar-refractivity contribution is 7.99. The molecule has 0 unspecified atom stereocenters. The summed E-state index contributed by atoms with van der Waals surface area (Å²) < 4.78 is 81.6. The zero-order chi connectivity index (χ0) is 36.9. The van der Waals surface area contributed by atoms with Crippen LogP contribution in [-0.2, 0) is 22.6 Å². The number of aromatic nitrogens is 1. The molecule has 52 heavy (non-hydrogen) atoms. The summed E-state index contributed by atoms with van der Waals surface area (Å²) in [6.45, 7) is -0.365. The molecule has 6 rings (SSSR count). The largest absolute Gasteiger partial charge is 0.478 e. The highest BCUT2D eigenvalue weighted by Crippen LogP contribution is 2.40. The summed E-state index contributed by atoms with van der Waals surface area (Å²) in [4.78, 5) is 28.4. The zero-order valence-electron chi connectivity index (χ0n) is 27.0. The number of pyridine rings is 1. The quantitative estimate of drug-likeness (QED) is 0.0543. The van der Waals surface area contributed by atoms with Gasteiger partial charge in [-0.25, -0.2) is 31.7 Å². The van der Waals surface area contributed by atoms with E-state index in [0.29, 0.717) is 33.9 Å². The topological polar surface area (TPSA) is 118 Å². The van der Waals surface area contributed by atoms with Crippen LogP contribution in [0, 0.1) is 29.1 Å². The van der Waals surface area contributed by atoms with Crippen molar-refractivity contribution in [2.24, 2.45) is 0 Å². The van der Waals surface area contributed by atoms with E-state index in [0.717, 1.165) is 16.7 Å². The molecule has 268 valence electrons. The van der Waals surface area contributed by atoms with Crippen molar-refractivity contribution in [3.05, 3.63) is 154 Å². The summed E-state index contributed by atoms with van der Waals surface area (Å²) in [5.74, 6) is -13.3. The lowest BCUT2D eigenvalue weighted by molar-refractivity contribution is -0.245. The Morgan fingerprint density at radius 3 is 2.13 bits per heavy atom. The molecule has 1 amide bonds. The third-order valence-electron chi connectivity index (χ3n) is 8.36. The van der Waals surface area contributed by atoms with Gasteiger partial charge in [-0.2, -0.15) is 0 Å². The SMILES string of the molecule is O=C(O)c1cccnc1SC[C@H]1C[C@@H](c2ccc(CO)cc2)O[C@@H](c2ccc(-c3cccc(CNC(=O)c4c(F)c(F)c(F)c(F)c4F)c3)cc2)O1. The van der Waals surface area contributed by atoms with Crippen LogP contribution < -0.4 is 5.32 Å². The third kappa shape index (κ3) is 8.00. The van der Waals surface area contributed by atoms with Gasteiger partial charge in [-0.05, 0) is 46.0 Å². The number of aliphatic hydroxyl groups is 1. The fraction of sp³-hybridized carbons (Fsp3) is 0.184. The van der Waals surface area contributed by atoms with Crippen LogP contribution >= 0.6 is 11.8 Å².